The van der Waals surface area contributed by atoms with Crippen LogP contribution in [0.3, 0.4) is 0 Å². The van der Waals surface area contributed by atoms with Crippen LogP contribution in [0.25, 0.3) is 0 Å². The lowest BCUT2D eigenvalue weighted by Gasteiger charge is -2.24. The predicted octanol–water partition coefficient (Wildman–Crippen LogP) is 14.7. The standard InChI is InChI=1S/C52H95NO5/c1-4-7-10-13-16-19-21-23-25-27-29-32-34-37-40-43-48(46-51(56)53-49(47-54)50(55)44-41-38-35-31-18-15-12-9-6-3)58-52(57)45-42-39-36-33-30-28-26-24-22-20-17-14-11-8-5-2/h16,19-20,22-23,25,29,32,48-50,54-55H,4-15,17-18,21,24,26-28,30-31,33-47H2,1-3H3,(H,53,56)/b19-16-,22-20-,25-23-,32-29-. The number of amides is 1. The average Bonchev–Trinajstić information content (AvgIpc) is 3.22. The Hall–Kier alpha value is -2.18. The molecule has 0 aliphatic rings. The highest BCUT2D eigenvalue weighted by atomic mass is 16.5. The van der Waals surface area contributed by atoms with E-state index in [4.69, 9.17) is 4.74 Å². The van der Waals surface area contributed by atoms with Gasteiger partial charge in [-0.05, 0) is 89.9 Å². The van der Waals surface area contributed by atoms with Crippen LogP contribution in [0.15, 0.2) is 48.6 Å². The predicted molar refractivity (Wildman–Crippen MR) is 250 cm³/mol. The van der Waals surface area contributed by atoms with Crippen LogP contribution in [0.1, 0.15) is 245 Å². The summed E-state index contributed by atoms with van der Waals surface area (Å²) in [4.78, 5) is 26.1. The number of unbranched alkanes of at least 4 members (excludes halogenated alkanes) is 24. The number of hydrogen-bond donors (Lipinski definition) is 3. The molecular formula is C52H95NO5. The van der Waals surface area contributed by atoms with Crippen LogP contribution in [-0.4, -0.2) is 46.9 Å². The maximum absolute atomic E-state index is 13.1. The maximum atomic E-state index is 13.1. The number of hydrogen-bond acceptors (Lipinski definition) is 5. The van der Waals surface area contributed by atoms with Crippen molar-refractivity contribution in [1.29, 1.82) is 0 Å². The van der Waals surface area contributed by atoms with Crippen LogP contribution in [0, 0.1) is 0 Å². The Morgan fingerprint density at radius 1 is 0.500 bits per heavy atom. The van der Waals surface area contributed by atoms with Crippen molar-refractivity contribution in [3.63, 3.8) is 0 Å². The monoisotopic (exact) mass is 814 g/mol. The first-order chi connectivity index (χ1) is 28.5. The summed E-state index contributed by atoms with van der Waals surface area (Å²) >= 11 is 0. The van der Waals surface area contributed by atoms with Gasteiger partial charge < -0.3 is 20.3 Å². The molecule has 3 N–H and O–H groups in total. The van der Waals surface area contributed by atoms with Crippen molar-refractivity contribution in [3.05, 3.63) is 48.6 Å². The SMILES string of the molecule is CCCCC/C=C\C/C=C\C/C=C\CCCCC(CC(=O)NC(CO)C(O)CCCCCCCCCCC)OC(=O)CCCCCCCCC/C=C\CCCCCC. The van der Waals surface area contributed by atoms with E-state index in [0.29, 0.717) is 19.3 Å². The van der Waals surface area contributed by atoms with Crippen molar-refractivity contribution in [3.8, 4) is 0 Å². The summed E-state index contributed by atoms with van der Waals surface area (Å²) in [6.07, 6.45) is 54.6. The van der Waals surface area contributed by atoms with E-state index >= 15 is 0 Å². The molecule has 0 saturated carbocycles. The second-order valence-corrected chi connectivity index (χ2v) is 16.9. The Bertz CT molecular complexity index is 1000. The molecule has 0 bridgehead atoms. The van der Waals surface area contributed by atoms with Crippen LogP contribution in [0.4, 0.5) is 0 Å². The molecule has 58 heavy (non-hydrogen) atoms. The zero-order valence-corrected chi connectivity index (χ0v) is 38.4. The number of aliphatic hydroxyl groups excluding tert-OH is 2. The minimum atomic E-state index is -0.796. The molecule has 0 spiro atoms. The van der Waals surface area contributed by atoms with Gasteiger partial charge in [0.25, 0.3) is 0 Å². The number of ether oxygens (including phenoxy) is 1. The second kappa shape index (κ2) is 45.9. The van der Waals surface area contributed by atoms with E-state index in [1.54, 1.807) is 0 Å². The Morgan fingerprint density at radius 2 is 0.879 bits per heavy atom. The normalized spacial score (nSPS) is 13.7. The molecule has 3 unspecified atom stereocenters. The third kappa shape index (κ3) is 40.6. The van der Waals surface area contributed by atoms with Crippen molar-refractivity contribution < 1.29 is 24.5 Å². The van der Waals surface area contributed by atoms with Crippen LogP contribution in [-0.2, 0) is 14.3 Å². The van der Waals surface area contributed by atoms with Gasteiger partial charge in [-0.3, -0.25) is 9.59 Å². The van der Waals surface area contributed by atoms with Crippen LogP contribution in [0.2, 0.25) is 0 Å². The Balaban J connectivity index is 4.66. The van der Waals surface area contributed by atoms with Gasteiger partial charge in [-0.2, -0.15) is 0 Å². The fourth-order valence-corrected chi connectivity index (χ4v) is 7.31. The van der Waals surface area contributed by atoms with Gasteiger partial charge in [-0.15, -0.1) is 0 Å². The summed E-state index contributed by atoms with van der Waals surface area (Å²) in [5.41, 5.74) is 0. The molecule has 0 aromatic rings. The molecule has 0 saturated heterocycles. The molecule has 0 rings (SSSR count). The van der Waals surface area contributed by atoms with E-state index in [-0.39, 0.29) is 24.9 Å². The summed E-state index contributed by atoms with van der Waals surface area (Å²) < 4.78 is 5.90. The third-order valence-electron chi connectivity index (χ3n) is 11.1. The molecule has 3 atom stereocenters. The zero-order chi connectivity index (χ0) is 42.4. The number of nitrogens with one attached hydrogen (secondary N) is 1. The molecule has 6 heteroatoms. The topological polar surface area (TPSA) is 95.9 Å². The van der Waals surface area contributed by atoms with Crippen LogP contribution >= 0.6 is 0 Å². The van der Waals surface area contributed by atoms with E-state index in [9.17, 15) is 19.8 Å². The highest BCUT2D eigenvalue weighted by Crippen LogP contribution is 2.17. The third-order valence-corrected chi connectivity index (χ3v) is 11.1. The van der Waals surface area contributed by atoms with E-state index < -0.39 is 18.2 Å². The maximum Gasteiger partial charge on any atom is 0.306 e. The lowest BCUT2D eigenvalue weighted by atomic mass is 10.0. The summed E-state index contributed by atoms with van der Waals surface area (Å²) in [6.45, 7) is 6.41. The fraction of sp³-hybridized carbons (Fsp3) is 0.808. The first-order valence-corrected chi connectivity index (χ1v) is 24.9. The smallest absolute Gasteiger partial charge is 0.306 e. The van der Waals surface area contributed by atoms with E-state index in [2.05, 4.69) is 74.7 Å². The number of allylic oxidation sites excluding steroid dienone is 8. The summed E-state index contributed by atoms with van der Waals surface area (Å²) in [6, 6.07) is -0.712. The summed E-state index contributed by atoms with van der Waals surface area (Å²) in [5.74, 6) is -0.515. The molecule has 0 heterocycles. The Kier molecular flexibility index (Phi) is 44.2. The molecule has 0 aliphatic heterocycles. The first-order valence-electron chi connectivity index (χ1n) is 24.9. The van der Waals surface area contributed by atoms with Gasteiger partial charge in [0, 0.05) is 6.42 Å². The van der Waals surface area contributed by atoms with Gasteiger partial charge in [0.15, 0.2) is 0 Å². The lowest BCUT2D eigenvalue weighted by molar-refractivity contribution is -0.151. The number of aliphatic hydroxyl groups is 2. The highest BCUT2D eigenvalue weighted by Gasteiger charge is 2.24. The number of esters is 1. The Morgan fingerprint density at radius 3 is 1.41 bits per heavy atom. The van der Waals surface area contributed by atoms with Crippen molar-refractivity contribution in [2.24, 2.45) is 0 Å². The number of carbonyl (C=O) groups excluding carboxylic acids is 2. The fourth-order valence-electron chi connectivity index (χ4n) is 7.31. The van der Waals surface area contributed by atoms with Gasteiger partial charge >= 0.3 is 5.97 Å². The molecule has 1 amide bonds. The highest BCUT2D eigenvalue weighted by molar-refractivity contribution is 5.77. The van der Waals surface area contributed by atoms with Crippen molar-refractivity contribution in [2.45, 2.75) is 264 Å². The molecular weight excluding hydrogens is 719 g/mol. The molecule has 0 radical (unpaired) electrons. The minimum Gasteiger partial charge on any atom is -0.462 e. The van der Waals surface area contributed by atoms with Gasteiger partial charge in [0.2, 0.25) is 5.91 Å². The zero-order valence-electron chi connectivity index (χ0n) is 38.4. The Labute approximate surface area is 359 Å². The molecule has 0 aromatic carbocycles. The van der Waals surface area contributed by atoms with E-state index in [1.165, 1.54) is 128 Å². The molecule has 338 valence electrons. The number of rotatable bonds is 44. The molecule has 0 aromatic heterocycles. The van der Waals surface area contributed by atoms with Crippen LogP contribution in [0.5, 0.6) is 0 Å². The van der Waals surface area contributed by atoms with Gasteiger partial charge in [0.05, 0.1) is 25.2 Å². The first kappa shape index (κ1) is 55.8. The van der Waals surface area contributed by atoms with Crippen molar-refractivity contribution in [1.82, 2.24) is 5.32 Å². The van der Waals surface area contributed by atoms with E-state index in [1.807, 2.05) is 0 Å². The van der Waals surface area contributed by atoms with Crippen molar-refractivity contribution in [2.75, 3.05) is 6.61 Å². The second-order valence-electron chi connectivity index (χ2n) is 16.9. The molecule has 0 aliphatic carbocycles. The van der Waals surface area contributed by atoms with Gasteiger partial charge in [-0.25, -0.2) is 0 Å². The minimum absolute atomic E-state index is 0.0503. The molecule has 0 fully saturated rings. The average molecular weight is 814 g/mol. The quantitative estimate of drug-likeness (QED) is 0.0323. The van der Waals surface area contributed by atoms with Crippen LogP contribution < -0.4 is 5.32 Å². The largest absolute Gasteiger partial charge is 0.462 e. The van der Waals surface area contributed by atoms with E-state index in [0.717, 1.165) is 70.6 Å². The van der Waals surface area contributed by atoms with Gasteiger partial charge in [0.1, 0.15) is 6.10 Å². The summed E-state index contributed by atoms with van der Waals surface area (Å²) in [7, 11) is 0. The van der Waals surface area contributed by atoms with Crippen molar-refractivity contribution >= 4 is 11.9 Å². The molecule has 6 nitrogen and oxygen atoms in total. The van der Waals surface area contributed by atoms with Gasteiger partial charge in [-0.1, -0.05) is 191 Å². The number of carbonyl (C=O) groups is 2. The lowest BCUT2D eigenvalue weighted by Crippen LogP contribution is -2.46. The summed E-state index contributed by atoms with van der Waals surface area (Å²) in [5, 5.41) is 23.6.